The van der Waals surface area contributed by atoms with Crippen LogP contribution in [-0.2, 0) is 16.0 Å². The Morgan fingerprint density at radius 3 is 2.64 bits per heavy atom. The molecule has 1 atom stereocenters. The quantitative estimate of drug-likeness (QED) is 0.860. The van der Waals surface area contributed by atoms with Crippen molar-refractivity contribution in [1.82, 2.24) is 4.90 Å². The fraction of sp³-hybridized carbons (Fsp3) is 0.611. The van der Waals surface area contributed by atoms with Crippen LogP contribution >= 0.6 is 0 Å². The fourth-order valence-corrected chi connectivity index (χ4v) is 3.43. The zero-order valence-electron chi connectivity index (χ0n) is 13.5. The summed E-state index contributed by atoms with van der Waals surface area (Å²) in [5.74, 6) is 0.197. The molecule has 2 fully saturated rings. The Hall–Kier alpha value is -1.55. The van der Waals surface area contributed by atoms with Gasteiger partial charge in [-0.15, -0.1) is 0 Å². The van der Waals surface area contributed by atoms with Gasteiger partial charge in [0, 0.05) is 38.5 Å². The first-order valence-corrected chi connectivity index (χ1v) is 8.53. The average Bonchev–Trinajstić information content (AvgIpc) is 2.62. The van der Waals surface area contributed by atoms with Crippen LogP contribution in [0, 0.1) is 0 Å². The third kappa shape index (κ3) is 3.27. The van der Waals surface area contributed by atoms with Crippen molar-refractivity contribution in [2.75, 3.05) is 37.7 Å². The van der Waals surface area contributed by atoms with Crippen LogP contribution in [0.15, 0.2) is 24.3 Å². The smallest absolute Gasteiger partial charge is 0.251 e. The first kappa shape index (κ1) is 15.3. The molecule has 1 aromatic rings. The molecule has 0 aliphatic carbocycles. The van der Waals surface area contributed by atoms with Crippen molar-refractivity contribution < 1.29 is 9.53 Å². The molecule has 1 aromatic carbocycles. The molecule has 0 saturated carbocycles. The van der Waals surface area contributed by atoms with Gasteiger partial charge in [-0.25, -0.2) is 0 Å². The number of aryl methyl sites for hydroxylation is 1. The van der Waals surface area contributed by atoms with Gasteiger partial charge in [0.05, 0.1) is 0 Å². The Labute approximate surface area is 133 Å². The number of rotatable bonds is 3. The zero-order chi connectivity index (χ0) is 15.4. The number of benzene rings is 1. The van der Waals surface area contributed by atoms with Crippen molar-refractivity contribution in [2.45, 2.75) is 38.7 Å². The molecule has 2 aliphatic heterocycles. The normalized spacial score (nSPS) is 22.7. The lowest BCUT2D eigenvalue weighted by molar-refractivity contribution is -0.146. The van der Waals surface area contributed by atoms with Crippen molar-refractivity contribution in [3.8, 4) is 0 Å². The van der Waals surface area contributed by atoms with Gasteiger partial charge in [0.1, 0.15) is 6.10 Å². The summed E-state index contributed by atoms with van der Waals surface area (Å²) < 4.78 is 5.64. The summed E-state index contributed by atoms with van der Waals surface area (Å²) in [6.07, 6.45) is 3.94. The van der Waals surface area contributed by atoms with Gasteiger partial charge in [0.15, 0.2) is 0 Å². The lowest BCUT2D eigenvalue weighted by Crippen LogP contribution is -2.52. The maximum atomic E-state index is 12.5. The van der Waals surface area contributed by atoms with Crippen LogP contribution in [0.4, 0.5) is 5.69 Å². The predicted molar refractivity (Wildman–Crippen MR) is 88.2 cm³/mol. The van der Waals surface area contributed by atoms with Gasteiger partial charge in [-0.3, -0.25) is 4.79 Å². The molecule has 0 N–H and O–H groups in total. The van der Waals surface area contributed by atoms with Gasteiger partial charge in [-0.2, -0.15) is 0 Å². The van der Waals surface area contributed by atoms with Crippen LogP contribution in [0.5, 0.6) is 0 Å². The summed E-state index contributed by atoms with van der Waals surface area (Å²) in [7, 11) is 0. The standard InChI is InChI=1S/C18H26N2O2/c1-2-15-7-3-4-8-16(15)19-10-12-20(13-11-19)18(21)17-9-5-6-14-22-17/h3-4,7-8,17H,2,5-6,9-14H2,1H3/t17-/m0/s1. The number of carbonyl (C=O) groups is 1. The highest BCUT2D eigenvalue weighted by molar-refractivity contribution is 5.81. The summed E-state index contributed by atoms with van der Waals surface area (Å²) in [6.45, 7) is 6.36. The van der Waals surface area contributed by atoms with Crippen LogP contribution in [0.2, 0.25) is 0 Å². The molecule has 2 aliphatic rings. The number of piperazine rings is 1. The van der Waals surface area contributed by atoms with Crippen molar-refractivity contribution in [2.24, 2.45) is 0 Å². The molecule has 120 valence electrons. The summed E-state index contributed by atoms with van der Waals surface area (Å²) in [5, 5.41) is 0. The van der Waals surface area contributed by atoms with Crippen molar-refractivity contribution in [1.29, 1.82) is 0 Å². The summed E-state index contributed by atoms with van der Waals surface area (Å²) in [5.41, 5.74) is 2.71. The third-order valence-electron chi connectivity index (χ3n) is 4.76. The number of nitrogens with zero attached hydrogens (tertiary/aromatic N) is 2. The second-order valence-electron chi connectivity index (χ2n) is 6.15. The van der Waals surface area contributed by atoms with E-state index in [1.54, 1.807) is 0 Å². The molecule has 2 saturated heterocycles. The lowest BCUT2D eigenvalue weighted by atomic mass is 10.1. The van der Waals surface area contributed by atoms with Gasteiger partial charge in [-0.05, 0) is 37.3 Å². The highest BCUT2D eigenvalue weighted by Gasteiger charge is 2.29. The van der Waals surface area contributed by atoms with E-state index in [2.05, 4.69) is 36.1 Å². The monoisotopic (exact) mass is 302 g/mol. The van der Waals surface area contributed by atoms with Crippen LogP contribution in [0.1, 0.15) is 31.7 Å². The van der Waals surface area contributed by atoms with E-state index in [1.807, 2.05) is 4.90 Å². The molecular weight excluding hydrogens is 276 g/mol. The van der Waals surface area contributed by atoms with E-state index in [4.69, 9.17) is 4.74 Å². The highest BCUT2D eigenvalue weighted by atomic mass is 16.5. The first-order chi connectivity index (χ1) is 10.8. The largest absolute Gasteiger partial charge is 0.368 e. The van der Waals surface area contributed by atoms with Gasteiger partial charge in [0.25, 0.3) is 5.91 Å². The van der Waals surface area contributed by atoms with Gasteiger partial charge >= 0.3 is 0 Å². The number of ether oxygens (including phenoxy) is 1. The highest BCUT2D eigenvalue weighted by Crippen LogP contribution is 2.23. The van der Waals surface area contributed by atoms with Crippen LogP contribution in [0.25, 0.3) is 0 Å². The van der Waals surface area contributed by atoms with E-state index in [0.717, 1.165) is 58.5 Å². The minimum Gasteiger partial charge on any atom is -0.368 e. The maximum absolute atomic E-state index is 12.5. The van der Waals surface area contributed by atoms with Crippen molar-refractivity contribution >= 4 is 11.6 Å². The number of hydrogen-bond acceptors (Lipinski definition) is 3. The number of carbonyl (C=O) groups excluding carboxylic acids is 1. The molecule has 0 aromatic heterocycles. The molecule has 0 spiro atoms. The SMILES string of the molecule is CCc1ccccc1N1CCN(C(=O)[C@@H]2CCCCO2)CC1. The van der Waals surface area contributed by atoms with Crippen LogP contribution < -0.4 is 4.90 Å². The molecule has 0 bridgehead atoms. The molecule has 4 nitrogen and oxygen atoms in total. The van der Waals surface area contributed by atoms with Crippen LogP contribution in [0.3, 0.4) is 0 Å². The first-order valence-electron chi connectivity index (χ1n) is 8.53. The molecule has 1 amide bonds. The third-order valence-corrected chi connectivity index (χ3v) is 4.76. The topological polar surface area (TPSA) is 32.8 Å². The fourth-order valence-electron chi connectivity index (χ4n) is 3.43. The number of para-hydroxylation sites is 1. The van der Waals surface area contributed by atoms with Gasteiger partial charge < -0.3 is 14.5 Å². The number of hydrogen-bond donors (Lipinski definition) is 0. The predicted octanol–water partition coefficient (Wildman–Crippen LogP) is 2.47. The zero-order valence-corrected chi connectivity index (χ0v) is 13.5. The van der Waals surface area contributed by atoms with E-state index in [9.17, 15) is 4.79 Å². The van der Waals surface area contributed by atoms with Crippen molar-refractivity contribution in [3.63, 3.8) is 0 Å². The second kappa shape index (κ2) is 7.14. The number of anilines is 1. The number of amides is 1. The Morgan fingerprint density at radius 1 is 1.18 bits per heavy atom. The Kier molecular flexibility index (Phi) is 4.98. The van der Waals surface area contributed by atoms with E-state index < -0.39 is 0 Å². The second-order valence-corrected chi connectivity index (χ2v) is 6.15. The molecule has 0 radical (unpaired) electrons. The summed E-state index contributed by atoms with van der Waals surface area (Å²) >= 11 is 0. The Morgan fingerprint density at radius 2 is 1.95 bits per heavy atom. The molecule has 22 heavy (non-hydrogen) atoms. The minimum atomic E-state index is -0.191. The van der Waals surface area contributed by atoms with E-state index >= 15 is 0 Å². The maximum Gasteiger partial charge on any atom is 0.251 e. The molecule has 2 heterocycles. The molecule has 3 rings (SSSR count). The van der Waals surface area contributed by atoms with Crippen LogP contribution in [-0.4, -0.2) is 49.7 Å². The molecule has 0 unspecified atom stereocenters. The summed E-state index contributed by atoms with van der Waals surface area (Å²) in [4.78, 5) is 16.9. The van der Waals surface area contributed by atoms with Gasteiger partial charge in [0.2, 0.25) is 0 Å². The van der Waals surface area contributed by atoms with Gasteiger partial charge in [-0.1, -0.05) is 25.1 Å². The Bertz CT molecular complexity index is 504. The molecular formula is C18H26N2O2. The average molecular weight is 302 g/mol. The van der Waals surface area contributed by atoms with E-state index in [1.165, 1.54) is 11.3 Å². The Balaban J connectivity index is 1.59. The summed E-state index contributed by atoms with van der Waals surface area (Å²) in [6, 6.07) is 8.59. The van der Waals surface area contributed by atoms with Crippen molar-refractivity contribution in [3.05, 3.63) is 29.8 Å². The molecule has 4 heteroatoms. The lowest BCUT2D eigenvalue weighted by Gasteiger charge is -2.38. The van der Waals surface area contributed by atoms with E-state index in [-0.39, 0.29) is 12.0 Å². The minimum absolute atomic E-state index is 0.191. The van der Waals surface area contributed by atoms with E-state index in [0.29, 0.717) is 0 Å².